The zero-order chi connectivity index (χ0) is 14.7. The molecule has 1 atom stereocenters. The van der Waals surface area contributed by atoms with Gasteiger partial charge in [-0.25, -0.2) is 0 Å². The van der Waals surface area contributed by atoms with Gasteiger partial charge >= 0.3 is 0 Å². The van der Waals surface area contributed by atoms with Gasteiger partial charge in [0.1, 0.15) is 0 Å². The highest BCUT2D eigenvalue weighted by atomic mass is 32.2. The number of nitro groups is 1. The summed E-state index contributed by atoms with van der Waals surface area (Å²) in [5.41, 5.74) is 8.31. The molecule has 0 spiro atoms. The second-order valence-corrected chi connectivity index (χ2v) is 5.82. The predicted molar refractivity (Wildman–Crippen MR) is 78.8 cm³/mol. The Balaban J connectivity index is 2.20. The van der Waals surface area contributed by atoms with Crippen molar-refractivity contribution >= 4 is 22.2 Å². The first-order valence-electron chi connectivity index (χ1n) is 5.96. The van der Waals surface area contributed by atoms with Crippen molar-refractivity contribution in [3.63, 3.8) is 0 Å². The van der Waals surface area contributed by atoms with Gasteiger partial charge in [-0.15, -0.1) is 0 Å². The topological polar surface area (TPSA) is 86.2 Å². The average molecular weight is 290 g/mol. The van der Waals surface area contributed by atoms with Gasteiger partial charge in [0.15, 0.2) is 0 Å². The third-order valence-corrected chi connectivity index (χ3v) is 4.46. The minimum absolute atomic E-state index is 0.00844. The van der Waals surface area contributed by atoms with E-state index in [9.17, 15) is 14.3 Å². The molecule has 1 unspecified atom stereocenters. The molecule has 0 radical (unpaired) electrons. The molecular weight excluding hydrogens is 276 g/mol. The molecule has 0 aliphatic heterocycles. The summed E-state index contributed by atoms with van der Waals surface area (Å²) in [6, 6.07) is 11.3. The van der Waals surface area contributed by atoms with Crippen LogP contribution in [0.15, 0.2) is 47.4 Å². The van der Waals surface area contributed by atoms with E-state index in [2.05, 4.69) is 0 Å². The van der Waals surface area contributed by atoms with E-state index in [1.165, 1.54) is 24.3 Å². The van der Waals surface area contributed by atoms with Crippen molar-refractivity contribution in [1.29, 1.82) is 0 Å². The van der Waals surface area contributed by atoms with Crippen LogP contribution >= 0.6 is 0 Å². The Morgan fingerprint density at radius 2 is 1.85 bits per heavy atom. The second kappa shape index (κ2) is 5.83. The van der Waals surface area contributed by atoms with Gasteiger partial charge in [0, 0.05) is 22.7 Å². The number of hydrogen-bond donors (Lipinski definition) is 1. The number of nitro benzene ring substituents is 1. The SMILES string of the molecule is Cc1c(N)cccc1CS(=O)c1ccc([N+](=O)[O-])cc1. The van der Waals surface area contributed by atoms with Crippen molar-refractivity contribution in [2.75, 3.05) is 5.73 Å². The van der Waals surface area contributed by atoms with E-state index in [4.69, 9.17) is 5.73 Å². The van der Waals surface area contributed by atoms with Crippen LogP contribution in [0.5, 0.6) is 0 Å². The van der Waals surface area contributed by atoms with E-state index >= 15 is 0 Å². The lowest BCUT2D eigenvalue weighted by Gasteiger charge is -2.08. The van der Waals surface area contributed by atoms with Crippen molar-refractivity contribution in [1.82, 2.24) is 0 Å². The molecule has 2 N–H and O–H groups in total. The average Bonchev–Trinajstić information content (AvgIpc) is 2.44. The van der Waals surface area contributed by atoms with Crippen molar-refractivity contribution in [2.45, 2.75) is 17.6 Å². The lowest BCUT2D eigenvalue weighted by Crippen LogP contribution is -2.01. The summed E-state index contributed by atoms with van der Waals surface area (Å²) in [5, 5.41) is 10.6. The number of nitrogens with zero attached hydrogens (tertiary/aromatic N) is 1. The van der Waals surface area contributed by atoms with Gasteiger partial charge in [-0.1, -0.05) is 12.1 Å². The van der Waals surface area contributed by atoms with Crippen LogP contribution in [0.3, 0.4) is 0 Å². The van der Waals surface area contributed by atoms with Crippen molar-refractivity contribution in [2.24, 2.45) is 0 Å². The molecule has 20 heavy (non-hydrogen) atoms. The van der Waals surface area contributed by atoms with Crippen LogP contribution in [0, 0.1) is 17.0 Å². The lowest BCUT2D eigenvalue weighted by atomic mass is 10.1. The van der Waals surface area contributed by atoms with Crippen LogP contribution in [-0.2, 0) is 16.6 Å². The van der Waals surface area contributed by atoms with Crippen LogP contribution in [0.4, 0.5) is 11.4 Å². The van der Waals surface area contributed by atoms with Crippen molar-refractivity contribution in [3.05, 3.63) is 63.7 Å². The molecule has 0 aliphatic rings. The molecule has 2 aromatic rings. The second-order valence-electron chi connectivity index (χ2n) is 4.37. The Kier molecular flexibility index (Phi) is 4.14. The maximum absolute atomic E-state index is 12.3. The summed E-state index contributed by atoms with van der Waals surface area (Å²) in [6.07, 6.45) is 0. The fraction of sp³-hybridized carbons (Fsp3) is 0.143. The molecular formula is C14H14N2O3S. The highest BCUT2D eigenvalue weighted by Crippen LogP contribution is 2.21. The first-order valence-corrected chi connectivity index (χ1v) is 7.27. The summed E-state index contributed by atoms with van der Waals surface area (Å²) < 4.78 is 12.3. The van der Waals surface area contributed by atoms with Gasteiger partial charge in [-0.3, -0.25) is 14.3 Å². The van der Waals surface area contributed by atoms with Gasteiger partial charge in [-0.2, -0.15) is 0 Å². The Morgan fingerprint density at radius 3 is 2.45 bits per heavy atom. The molecule has 0 bridgehead atoms. The smallest absolute Gasteiger partial charge is 0.269 e. The number of hydrogen-bond acceptors (Lipinski definition) is 4. The van der Waals surface area contributed by atoms with Gasteiger partial charge in [-0.05, 0) is 36.2 Å². The number of non-ortho nitro benzene ring substituents is 1. The predicted octanol–water partition coefficient (Wildman–Crippen LogP) is 2.79. The van der Waals surface area contributed by atoms with E-state index in [0.717, 1.165) is 11.1 Å². The first kappa shape index (κ1) is 14.2. The van der Waals surface area contributed by atoms with Crippen LogP contribution in [0.2, 0.25) is 0 Å². The minimum Gasteiger partial charge on any atom is -0.399 e. The number of nitrogen functional groups attached to an aromatic ring is 1. The standard InChI is InChI=1S/C14H14N2O3S/c1-10-11(3-2-4-14(10)15)9-20(19)13-7-5-12(6-8-13)16(17)18/h2-8H,9,15H2,1H3. The van der Waals surface area contributed by atoms with E-state index in [1.807, 2.05) is 19.1 Å². The molecule has 6 heteroatoms. The zero-order valence-electron chi connectivity index (χ0n) is 10.9. The summed E-state index contributed by atoms with van der Waals surface area (Å²) in [7, 11) is -1.25. The third-order valence-electron chi connectivity index (χ3n) is 3.08. The quantitative estimate of drug-likeness (QED) is 0.533. The van der Waals surface area contributed by atoms with E-state index in [-0.39, 0.29) is 5.69 Å². The molecule has 0 saturated heterocycles. The summed E-state index contributed by atoms with van der Waals surface area (Å²) in [6.45, 7) is 1.89. The minimum atomic E-state index is -1.25. The van der Waals surface area contributed by atoms with Gasteiger partial charge in [0.05, 0.1) is 21.5 Å². The summed E-state index contributed by atoms with van der Waals surface area (Å²) in [5.74, 6) is 0.342. The molecule has 0 heterocycles. The molecule has 0 fully saturated rings. The highest BCUT2D eigenvalue weighted by Gasteiger charge is 2.10. The van der Waals surface area contributed by atoms with Crippen LogP contribution < -0.4 is 5.73 Å². The Bertz CT molecular complexity index is 669. The van der Waals surface area contributed by atoms with E-state index in [1.54, 1.807) is 6.07 Å². The molecule has 0 amide bonds. The van der Waals surface area contributed by atoms with E-state index in [0.29, 0.717) is 16.3 Å². The summed E-state index contributed by atoms with van der Waals surface area (Å²) >= 11 is 0. The number of rotatable bonds is 4. The summed E-state index contributed by atoms with van der Waals surface area (Å²) in [4.78, 5) is 10.7. The monoisotopic (exact) mass is 290 g/mol. The fourth-order valence-corrected chi connectivity index (χ4v) is 3.01. The molecule has 104 valence electrons. The Morgan fingerprint density at radius 1 is 1.20 bits per heavy atom. The molecule has 0 aliphatic carbocycles. The molecule has 0 aromatic heterocycles. The molecule has 2 rings (SSSR count). The number of nitrogens with two attached hydrogens (primary N) is 1. The Hall–Kier alpha value is -2.21. The van der Waals surface area contributed by atoms with Gasteiger partial charge < -0.3 is 5.73 Å². The van der Waals surface area contributed by atoms with Crippen LogP contribution in [-0.4, -0.2) is 9.13 Å². The van der Waals surface area contributed by atoms with Crippen LogP contribution in [0.25, 0.3) is 0 Å². The fourth-order valence-electron chi connectivity index (χ4n) is 1.80. The highest BCUT2D eigenvalue weighted by molar-refractivity contribution is 7.84. The van der Waals surface area contributed by atoms with Crippen LogP contribution in [0.1, 0.15) is 11.1 Å². The first-order chi connectivity index (χ1) is 9.49. The molecule has 5 nitrogen and oxygen atoms in total. The van der Waals surface area contributed by atoms with Gasteiger partial charge in [0.2, 0.25) is 0 Å². The van der Waals surface area contributed by atoms with Crippen molar-refractivity contribution in [3.8, 4) is 0 Å². The van der Waals surface area contributed by atoms with E-state index < -0.39 is 15.7 Å². The Labute approximate surface area is 119 Å². The number of benzene rings is 2. The maximum Gasteiger partial charge on any atom is 0.269 e. The molecule has 2 aromatic carbocycles. The molecule has 0 saturated carbocycles. The third kappa shape index (κ3) is 3.03. The number of anilines is 1. The normalized spacial score (nSPS) is 12.1. The largest absolute Gasteiger partial charge is 0.399 e. The maximum atomic E-state index is 12.3. The van der Waals surface area contributed by atoms with Crippen molar-refractivity contribution < 1.29 is 9.13 Å². The lowest BCUT2D eigenvalue weighted by molar-refractivity contribution is -0.384. The van der Waals surface area contributed by atoms with Gasteiger partial charge in [0.25, 0.3) is 5.69 Å². The zero-order valence-corrected chi connectivity index (χ0v) is 11.7.